The van der Waals surface area contributed by atoms with E-state index < -0.39 is 6.10 Å². The standard InChI is InChI=1S/C48H80O7/c1-10-23-37(11-2)40(13-4)42(15-6)41(14-5)38(12-3)32-48(52)55-46-33-45(54-35(9)49)43(26-21-16-17-22-27-47(51)53-34(7)8)44(46)31-30-39(50)29-28-36-24-19-18-20-25-36/h16,18-21,24-25,34,37-46,50H,10-15,17,22-23,26-33H2,1-9H3/b21-16-/t37?,38?,39-,40?,41?,42?,43+,44+,45-,46+/m0/s1. The molecule has 1 aromatic carbocycles. The minimum atomic E-state index is -0.488. The average molecular weight is 769 g/mol. The number of esters is 3. The number of aliphatic hydroxyl groups excluding tert-OH is 1. The number of allylic oxidation sites excluding steroid dienone is 2. The van der Waals surface area contributed by atoms with Crippen LogP contribution in [-0.2, 0) is 35.0 Å². The van der Waals surface area contributed by atoms with Crippen LogP contribution in [0.2, 0.25) is 0 Å². The smallest absolute Gasteiger partial charge is 0.306 e. The van der Waals surface area contributed by atoms with Crippen molar-refractivity contribution in [3.05, 3.63) is 48.0 Å². The van der Waals surface area contributed by atoms with Crippen molar-refractivity contribution in [1.29, 1.82) is 0 Å². The molecule has 10 atom stereocenters. The summed E-state index contributed by atoms with van der Waals surface area (Å²) in [5, 5.41) is 11.1. The second-order valence-corrected chi connectivity index (χ2v) is 16.7. The van der Waals surface area contributed by atoms with Gasteiger partial charge in [-0.1, -0.05) is 129 Å². The van der Waals surface area contributed by atoms with Crippen LogP contribution in [0.25, 0.3) is 0 Å². The molecule has 0 spiro atoms. The molecular formula is C48H80O7. The Morgan fingerprint density at radius 3 is 1.98 bits per heavy atom. The highest BCUT2D eigenvalue weighted by molar-refractivity contribution is 5.70. The van der Waals surface area contributed by atoms with E-state index in [0.29, 0.717) is 75.0 Å². The number of benzene rings is 1. The third-order valence-electron chi connectivity index (χ3n) is 12.6. The second kappa shape index (κ2) is 27.1. The van der Waals surface area contributed by atoms with Crippen LogP contribution < -0.4 is 0 Å². The number of hydrogen-bond donors (Lipinski definition) is 1. The maximum absolute atomic E-state index is 14.0. The molecule has 1 fully saturated rings. The van der Waals surface area contributed by atoms with Gasteiger partial charge in [0.2, 0.25) is 0 Å². The summed E-state index contributed by atoms with van der Waals surface area (Å²) in [6.45, 7) is 19.0. The maximum Gasteiger partial charge on any atom is 0.306 e. The molecule has 1 aliphatic rings. The number of ether oxygens (including phenoxy) is 3. The van der Waals surface area contributed by atoms with Crippen molar-refractivity contribution in [2.45, 2.75) is 196 Å². The molecule has 1 N–H and O–H groups in total. The summed E-state index contributed by atoms with van der Waals surface area (Å²) in [5.74, 6) is 1.87. The predicted molar refractivity (Wildman–Crippen MR) is 224 cm³/mol. The van der Waals surface area contributed by atoms with E-state index in [1.54, 1.807) is 0 Å². The van der Waals surface area contributed by atoms with Crippen LogP contribution in [0, 0.1) is 41.4 Å². The van der Waals surface area contributed by atoms with Gasteiger partial charge in [0.25, 0.3) is 0 Å². The van der Waals surface area contributed by atoms with Gasteiger partial charge in [0.15, 0.2) is 0 Å². The van der Waals surface area contributed by atoms with Crippen LogP contribution in [0.1, 0.15) is 171 Å². The lowest BCUT2D eigenvalue weighted by Crippen LogP contribution is -2.34. The van der Waals surface area contributed by atoms with Gasteiger partial charge in [-0.3, -0.25) is 14.4 Å². The molecule has 314 valence electrons. The van der Waals surface area contributed by atoms with Crippen molar-refractivity contribution >= 4 is 17.9 Å². The molecule has 5 unspecified atom stereocenters. The first-order valence-corrected chi connectivity index (χ1v) is 22.3. The Morgan fingerprint density at radius 1 is 0.764 bits per heavy atom. The number of rotatable bonds is 28. The van der Waals surface area contributed by atoms with E-state index in [2.05, 4.69) is 65.8 Å². The van der Waals surface area contributed by atoms with Gasteiger partial charge in [-0.15, -0.1) is 0 Å². The lowest BCUT2D eigenvalue weighted by molar-refractivity contribution is -0.154. The Kier molecular flexibility index (Phi) is 23.8. The molecule has 0 heterocycles. The fraction of sp³-hybridized carbons (Fsp3) is 0.771. The molecule has 1 aromatic rings. The van der Waals surface area contributed by atoms with Crippen LogP contribution in [0.4, 0.5) is 0 Å². The van der Waals surface area contributed by atoms with Gasteiger partial charge in [0.1, 0.15) is 12.2 Å². The number of aryl methyl sites for hydroxylation is 1. The van der Waals surface area contributed by atoms with Crippen LogP contribution in [0.15, 0.2) is 42.5 Å². The van der Waals surface area contributed by atoms with Gasteiger partial charge in [0.05, 0.1) is 12.2 Å². The topological polar surface area (TPSA) is 99.1 Å². The summed E-state index contributed by atoms with van der Waals surface area (Å²) < 4.78 is 17.7. The molecule has 7 heteroatoms. The fourth-order valence-corrected chi connectivity index (χ4v) is 9.92. The Bertz CT molecular complexity index is 1230. The summed E-state index contributed by atoms with van der Waals surface area (Å²) in [4.78, 5) is 38.4. The fourth-order valence-electron chi connectivity index (χ4n) is 9.92. The van der Waals surface area contributed by atoms with Gasteiger partial charge in [-0.25, -0.2) is 0 Å². The SMILES string of the molecule is CCCC(CC)C(CC)C(CC)C(CC)C(CC)CC(=O)O[C@@H]1C[C@H](OC(C)=O)[C@H](C/C=C\CCCC(=O)OC(C)C)[C@H]1CC[C@@H](O)CCc1ccccc1. The summed E-state index contributed by atoms with van der Waals surface area (Å²) in [6, 6.07) is 10.2. The lowest BCUT2D eigenvalue weighted by Gasteiger charge is -2.40. The third kappa shape index (κ3) is 17.2. The van der Waals surface area contributed by atoms with Crippen molar-refractivity contribution in [1.82, 2.24) is 0 Å². The first-order chi connectivity index (χ1) is 26.4. The minimum absolute atomic E-state index is 0.0464. The normalized spacial score (nSPS) is 21.9. The zero-order valence-corrected chi connectivity index (χ0v) is 36.3. The van der Waals surface area contributed by atoms with Gasteiger partial charge in [-0.05, 0) is 93.9 Å². The molecule has 0 amide bonds. The lowest BCUT2D eigenvalue weighted by atomic mass is 9.65. The number of carbonyl (C=O) groups is 3. The van der Waals surface area contributed by atoms with Crippen LogP contribution in [0.5, 0.6) is 0 Å². The number of carbonyl (C=O) groups excluding carboxylic acids is 3. The molecule has 55 heavy (non-hydrogen) atoms. The second-order valence-electron chi connectivity index (χ2n) is 16.7. The third-order valence-corrected chi connectivity index (χ3v) is 12.6. The Morgan fingerprint density at radius 2 is 1.40 bits per heavy atom. The van der Waals surface area contributed by atoms with E-state index in [9.17, 15) is 19.5 Å². The van der Waals surface area contributed by atoms with E-state index in [0.717, 1.165) is 32.1 Å². The van der Waals surface area contributed by atoms with Crippen LogP contribution in [-0.4, -0.2) is 47.4 Å². The molecule has 0 aromatic heterocycles. The predicted octanol–water partition coefficient (Wildman–Crippen LogP) is 11.6. The van der Waals surface area contributed by atoms with Crippen molar-refractivity contribution in [2.24, 2.45) is 41.4 Å². The molecule has 0 bridgehead atoms. The Hall–Kier alpha value is -2.67. The van der Waals surface area contributed by atoms with Gasteiger partial charge in [-0.2, -0.15) is 0 Å². The zero-order chi connectivity index (χ0) is 40.8. The molecule has 0 aliphatic heterocycles. The monoisotopic (exact) mass is 769 g/mol. The van der Waals surface area contributed by atoms with E-state index in [-0.39, 0.29) is 54.0 Å². The average Bonchev–Trinajstić information content (AvgIpc) is 3.46. The molecule has 1 saturated carbocycles. The van der Waals surface area contributed by atoms with Gasteiger partial charge < -0.3 is 19.3 Å². The van der Waals surface area contributed by atoms with E-state index in [1.807, 2.05) is 32.0 Å². The molecule has 0 saturated heterocycles. The van der Waals surface area contributed by atoms with Crippen molar-refractivity contribution in [2.75, 3.05) is 0 Å². The quantitative estimate of drug-likeness (QED) is 0.0392. The van der Waals surface area contributed by atoms with Gasteiger partial charge >= 0.3 is 17.9 Å². The number of hydrogen-bond acceptors (Lipinski definition) is 7. The Labute approximate surface area is 336 Å². The molecule has 7 nitrogen and oxygen atoms in total. The first-order valence-electron chi connectivity index (χ1n) is 22.3. The van der Waals surface area contributed by atoms with Crippen LogP contribution >= 0.6 is 0 Å². The van der Waals surface area contributed by atoms with Crippen molar-refractivity contribution in [3.63, 3.8) is 0 Å². The van der Waals surface area contributed by atoms with Gasteiger partial charge in [0, 0.05) is 38.0 Å². The summed E-state index contributed by atoms with van der Waals surface area (Å²) in [5.41, 5.74) is 1.20. The molecular weight excluding hydrogens is 689 g/mol. The summed E-state index contributed by atoms with van der Waals surface area (Å²) in [7, 11) is 0. The Balaban J connectivity index is 2.26. The highest BCUT2D eigenvalue weighted by atomic mass is 16.6. The van der Waals surface area contributed by atoms with Crippen molar-refractivity contribution < 1.29 is 33.7 Å². The number of unbranched alkanes of at least 4 members (excludes halogenated alkanes) is 1. The molecule has 1 aliphatic carbocycles. The zero-order valence-electron chi connectivity index (χ0n) is 36.3. The summed E-state index contributed by atoms with van der Waals surface area (Å²) in [6.07, 6.45) is 16.8. The number of aliphatic hydroxyl groups is 1. The summed E-state index contributed by atoms with van der Waals surface area (Å²) >= 11 is 0. The first kappa shape index (κ1) is 48.5. The van der Waals surface area contributed by atoms with Crippen molar-refractivity contribution in [3.8, 4) is 0 Å². The highest BCUT2D eigenvalue weighted by Crippen LogP contribution is 2.44. The van der Waals surface area contributed by atoms with Crippen LogP contribution in [0.3, 0.4) is 0 Å². The maximum atomic E-state index is 14.0. The van der Waals surface area contributed by atoms with E-state index in [4.69, 9.17) is 14.2 Å². The van der Waals surface area contributed by atoms with E-state index >= 15 is 0 Å². The molecule has 2 rings (SSSR count). The largest absolute Gasteiger partial charge is 0.463 e. The molecule has 0 radical (unpaired) electrons. The highest BCUT2D eigenvalue weighted by Gasteiger charge is 2.46. The minimum Gasteiger partial charge on any atom is -0.463 e. The van der Waals surface area contributed by atoms with E-state index in [1.165, 1.54) is 38.2 Å².